The van der Waals surface area contributed by atoms with Gasteiger partial charge in [0.05, 0.1) is 6.61 Å². The van der Waals surface area contributed by atoms with Crippen LogP contribution in [0.4, 0.5) is 0 Å². The minimum atomic E-state index is 0.388. The average molecular weight is 230 g/mol. The Morgan fingerprint density at radius 2 is 2.12 bits per heavy atom. The van der Waals surface area contributed by atoms with Gasteiger partial charge >= 0.3 is 0 Å². The van der Waals surface area contributed by atoms with Crippen molar-refractivity contribution in [1.82, 2.24) is 4.90 Å². The molecule has 0 amide bonds. The molecule has 1 heterocycles. The summed E-state index contributed by atoms with van der Waals surface area (Å²) in [4.78, 5) is 2.45. The van der Waals surface area contributed by atoms with Crippen LogP contribution < -0.4 is 5.73 Å². The predicted molar refractivity (Wildman–Crippen MR) is 65.5 cm³/mol. The van der Waals surface area contributed by atoms with E-state index in [1.807, 2.05) is 0 Å². The molecule has 0 bridgehead atoms. The Bertz CT molecular complexity index is 178. The van der Waals surface area contributed by atoms with E-state index >= 15 is 0 Å². The van der Waals surface area contributed by atoms with Gasteiger partial charge < -0.3 is 20.1 Å². The zero-order valence-electron chi connectivity index (χ0n) is 10.7. The minimum Gasteiger partial charge on any atom is -0.385 e. The van der Waals surface area contributed by atoms with Crippen LogP contribution in [0, 0.1) is 5.92 Å². The van der Waals surface area contributed by atoms with Gasteiger partial charge in [-0.25, -0.2) is 0 Å². The molecule has 0 spiro atoms. The molecule has 0 aromatic carbocycles. The second-order valence-corrected chi connectivity index (χ2v) is 4.69. The molecule has 0 radical (unpaired) electrons. The highest BCUT2D eigenvalue weighted by Crippen LogP contribution is 2.14. The molecule has 0 aromatic heterocycles. The molecule has 96 valence electrons. The number of nitrogens with zero attached hydrogens (tertiary/aromatic N) is 1. The Hall–Kier alpha value is -0.160. The molecule has 1 saturated heterocycles. The Morgan fingerprint density at radius 1 is 1.31 bits per heavy atom. The highest BCUT2D eigenvalue weighted by molar-refractivity contribution is 4.79. The van der Waals surface area contributed by atoms with Crippen molar-refractivity contribution in [2.45, 2.75) is 25.8 Å². The van der Waals surface area contributed by atoms with E-state index in [-0.39, 0.29) is 0 Å². The molecule has 2 unspecified atom stereocenters. The molecule has 4 heteroatoms. The molecule has 0 aromatic rings. The Morgan fingerprint density at radius 3 is 2.81 bits per heavy atom. The summed E-state index contributed by atoms with van der Waals surface area (Å²) >= 11 is 0. The zero-order chi connectivity index (χ0) is 11.8. The molecule has 1 aliphatic rings. The molecule has 1 fully saturated rings. The fourth-order valence-electron chi connectivity index (χ4n) is 2.05. The quantitative estimate of drug-likeness (QED) is 0.654. The van der Waals surface area contributed by atoms with E-state index in [2.05, 4.69) is 11.8 Å². The van der Waals surface area contributed by atoms with Crippen molar-refractivity contribution >= 4 is 0 Å². The number of piperidine rings is 1. The maximum atomic E-state index is 5.98. The second kappa shape index (κ2) is 8.01. The van der Waals surface area contributed by atoms with Gasteiger partial charge in [-0.15, -0.1) is 0 Å². The Labute approximate surface area is 99.1 Å². The molecule has 0 saturated carbocycles. The summed E-state index contributed by atoms with van der Waals surface area (Å²) in [7, 11) is 1.72. The van der Waals surface area contributed by atoms with Crippen LogP contribution in [0.5, 0.6) is 0 Å². The summed E-state index contributed by atoms with van der Waals surface area (Å²) in [6.45, 7) is 7.91. The van der Waals surface area contributed by atoms with Crippen molar-refractivity contribution in [3.05, 3.63) is 0 Å². The van der Waals surface area contributed by atoms with Crippen molar-refractivity contribution in [3.63, 3.8) is 0 Å². The topological polar surface area (TPSA) is 47.7 Å². The smallest absolute Gasteiger partial charge is 0.0593 e. The standard InChI is InChI=1S/C12H26N2O2/c1-11-10-14(5-4-12(11)13)6-9-16-8-3-7-15-2/h11-12H,3-10,13H2,1-2H3. The number of hydrogen-bond acceptors (Lipinski definition) is 4. The van der Waals surface area contributed by atoms with Crippen molar-refractivity contribution in [2.75, 3.05) is 46.6 Å². The molecule has 16 heavy (non-hydrogen) atoms. The van der Waals surface area contributed by atoms with Gasteiger partial charge in [-0.2, -0.15) is 0 Å². The Balaban J connectivity index is 1.97. The van der Waals surface area contributed by atoms with Crippen LogP contribution >= 0.6 is 0 Å². The van der Waals surface area contributed by atoms with Crippen LogP contribution in [0.25, 0.3) is 0 Å². The summed E-state index contributed by atoms with van der Waals surface area (Å²) < 4.78 is 10.5. The summed E-state index contributed by atoms with van der Waals surface area (Å²) in [5.41, 5.74) is 5.98. The van der Waals surface area contributed by atoms with E-state index in [0.717, 1.165) is 52.3 Å². The number of nitrogens with two attached hydrogens (primary N) is 1. The highest BCUT2D eigenvalue weighted by Gasteiger charge is 2.22. The number of methoxy groups -OCH3 is 1. The molecule has 2 atom stereocenters. The number of likely N-dealkylation sites (tertiary alicyclic amines) is 1. The van der Waals surface area contributed by atoms with E-state index < -0.39 is 0 Å². The van der Waals surface area contributed by atoms with Crippen LogP contribution in [0.2, 0.25) is 0 Å². The lowest BCUT2D eigenvalue weighted by Crippen LogP contribution is -2.46. The third kappa shape index (κ3) is 5.25. The molecule has 1 aliphatic heterocycles. The summed E-state index contributed by atoms with van der Waals surface area (Å²) in [6, 6.07) is 0.388. The summed E-state index contributed by atoms with van der Waals surface area (Å²) in [5.74, 6) is 0.613. The number of ether oxygens (including phenoxy) is 2. The average Bonchev–Trinajstić information content (AvgIpc) is 2.28. The van der Waals surface area contributed by atoms with E-state index in [1.165, 1.54) is 0 Å². The van der Waals surface area contributed by atoms with Crippen molar-refractivity contribution in [2.24, 2.45) is 11.7 Å². The van der Waals surface area contributed by atoms with Crippen molar-refractivity contribution in [3.8, 4) is 0 Å². The van der Waals surface area contributed by atoms with Gasteiger partial charge in [0.1, 0.15) is 0 Å². The first-order valence-corrected chi connectivity index (χ1v) is 6.28. The van der Waals surface area contributed by atoms with E-state index in [9.17, 15) is 0 Å². The Kier molecular flexibility index (Phi) is 6.96. The van der Waals surface area contributed by atoms with E-state index in [4.69, 9.17) is 15.2 Å². The van der Waals surface area contributed by atoms with Gasteiger partial charge in [0.2, 0.25) is 0 Å². The zero-order valence-corrected chi connectivity index (χ0v) is 10.7. The SMILES string of the molecule is COCCCOCCN1CCC(N)C(C)C1. The first-order valence-electron chi connectivity index (χ1n) is 6.28. The van der Waals surface area contributed by atoms with Crippen LogP contribution in [0.15, 0.2) is 0 Å². The highest BCUT2D eigenvalue weighted by atomic mass is 16.5. The van der Waals surface area contributed by atoms with E-state index in [1.54, 1.807) is 7.11 Å². The second-order valence-electron chi connectivity index (χ2n) is 4.69. The van der Waals surface area contributed by atoms with Gasteiger partial charge in [0, 0.05) is 39.5 Å². The normalized spacial score (nSPS) is 27.2. The molecule has 4 nitrogen and oxygen atoms in total. The third-order valence-electron chi connectivity index (χ3n) is 3.24. The van der Waals surface area contributed by atoms with Crippen LogP contribution in [0.3, 0.4) is 0 Å². The van der Waals surface area contributed by atoms with Gasteiger partial charge in [-0.1, -0.05) is 6.92 Å². The predicted octanol–water partition coefficient (Wildman–Crippen LogP) is 0.709. The number of hydrogen-bond donors (Lipinski definition) is 1. The summed E-state index contributed by atoms with van der Waals surface area (Å²) in [5, 5.41) is 0. The first-order chi connectivity index (χ1) is 7.74. The van der Waals surface area contributed by atoms with E-state index in [0.29, 0.717) is 12.0 Å². The molecule has 0 aliphatic carbocycles. The van der Waals surface area contributed by atoms with Crippen molar-refractivity contribution < 1.29 is 9.47 Å². The van der Waals surface area contributed by atoms with Crippen LogP contribution in [-0.4, -0.2) is 57.5 Å². The largest absolute Gasteiger partial charge is 0.385 e. The molecular weight excluding hydrogens is 204 g/mol. The molecular formula is C12H26N2O2. The van der Waals surface area contributed by atoms with Gasteiger partial charge in [-0.05, 0) is 25.3 Å². The van der Waals surface area contributed by atoms with Gasteiger partial charge in [-0.3, -0.25) is 0 Å². The molecule has 2 N–H and O–H groups in total. The summed E-state index contributed by atoms with van der Waals surface area (Å²) in [6.07, 6.45) is 2.10. The monoisotopic (exact) mass is 230 g/mol. The third-order valence-corrected chi connectivity index (χ3v) is 3.24. The van der Waals surface area contributed by atoms with Gasteiger partial charge in [0.25, 0.3) is 0 Å². The molecule has 1 rings (SSSR count). The maximum Gasteiger partial charge on any atom is 0.0593 e. The van der Waals surface area contributed by atoms with Gasteiger partial charge in [0.15, 0.2) is 0 Å². The fourth-order valence-corrected chi connectivity index (χ4v) is 2.05. The lowest BCUT2D eigenvalue weighted by molar-refractivity contribution is 0.0696. The van der Waals surface area contributed by atoms with Crippen LogP contribution in [-0.2, 0) is 9.47 Å². The maximum absolute atomic E-state index is 5.98. The first kappa shape index (κ1) is 13.9. The lowest BCUT2D eigenvalue weighted by Gasteiger charge is -2.34. The lowest BCUT2D eigenvalue weighted by atomic mass is 9.95. The fraction of sp³-hybridized carbons (Fsp3) is 1.00. The van der Waals surface area contributed by atoms with Crippen molar-refractivity contribution in [1.29, 1.82) is 0 Å². The number of rotatable bonds is 7. The van der Waals surface area contributed by atoms with Crippen LogP contribution in [0.1, 0.15) is 19.8 Å². The minimum absolute atomic E-state index is 0.388.